The molecule has 0 bridgehead atoms. The smallest absolute Gasteiger partial charge is 0.253 e. The summed E-state index contributed by atoms with van der Waals surface area (Å²) in [6.07, 6.45) is 0.807. The van der Waals surface area contributed by atoms with E-state index < -0.39 is 0 Å². The van der Waals surface area contributed by atoms with E-state index in [-0.39, 0.29) is 5.91 Å². The molecule has 0 aromatic heterocycles. The Morgan fingerprint density at radius 1 is 1.10 bits per heavy atom. The fourth-order valence-corrected chi connectivity index (χ4v) is 2.86. The minimum atomic E-state index is 0.0175. The topological polar surface area (TPSA) is 57.2 Å². The van der Waals surface area contributed by atoms with Crippen molar-refractivity contribution in [3.05, 3.63) is 65.2 Å². The Labute approximate surface area is 174 Å². The highest BCUT2D eigenvalue weighted by molar-refractivity contribution is 5.94. The van der Waals surface area contributed by atoms with Gasteiger partial charge in [0.15, 0.2) is 5.96 Å². The van der Waals surface area contributed by atoms with E-state index in [2.05, 4.69) is 17.2 Å². The minimum absolute atomic E-state index is 0.0175. The first-order valence-electron chi connectivity index (χ1n) is 9.82. The number of ether oxygens (including phenoxy) is 1. The first-order valence-corrected chi connectivity index (χ1v) is 9.82. The number of nitrogens with one attached hydrogen (secondary N) is 1. The van der Waals surface area contributed by atoms with Crippen LogP contribution in [0.2, 0.25) is 0 Å². The number of guanidine groups is 1. The molecule has 2 rings (SSSR count). The van der Waals surface area contributed by atoms with Crippen molar-refractivity contribution in [3.63, 3.8) is 0 Å². The highest BCUT2D eigenvalue weighted by Gasteiger charge is 2.09. The Kier molecular flexibility index (Phi) is 8.52. The van der Waals surface area contributed by atoms with Crippen molar-refractivity contribution >= 4 is 11.9 Å². The molecule has 1 N–H and O–H groups in total. The first-order chi connectivity index (χ1) is 13.9. The molecule has 2 aromatic rings. The van der Waals surface area contributed by atoms with E-state index in [9.17, 15) is 4.79 Å². The van der Waals surface area contributed by atoms with Crippen molar-refractivity contribution in [2.45, 2.75) is 13.3 Å². The lowest BCUT2D eigenvalue weighted by molar-refractivity contribution is 0.0827. The molecule has 0 atom stereocenters. The predicted molar refractivity (Wildman–Crippen MR) is 119 cm³/mol. The van der Waals surface area contributed by atoms with Crippen LogP contribution in [0.25, 0.3) is 0 Å². The van der Waals surface area contributed by atoms with Crippen LogP contribution in [0.3, 0.4) is 0 Å². The van der Waals surface area contributed by atoms with Crippen molar-refractivity contribution < 1.29 is 9.53 Å². The van der Waals surface area contributed by atoms with Crippen LogP contribution < -0.4 is 10.1 Å². The molecule has 0 fully saturated rings. The number of likely N-dealkylation sites (N-methyl/N-ethyl adjacent to an activating group) is 1. The van der Waals surface area contributed by atoms with Gasteiger partial charge in [-0.1, -0.05) is 29.8 Å². The molecule has 1 amide bonds. The number of benzene rings is 2. The Morgan fingerprint density at radius 3 is 2.48 bits per heavy atom. The first kappa shape index (κ1) is 22.3. The van der Waals surface area contributed by atoms with Crippen LogP contribution in [0.15, 0.2) is 53.5 Å². The fraction of sp³-hybridized carbons (Fsp3) is 0.391. The summed E-state index contributed by atoms with van der Waals surface area (Å²) in [7, 11) is 7.29. The molecule has 156 valence electrons. The van der Waals surface area contributed by atoms with Crippen LogP contribution in [-0.2, 0) is 6.42 Å². The number of amides is 1. The van der Waals surface area contributed by atoms with Crippen LogP contribution in [0, 0.1) is 6.92 Å². The van der Waals surface area contributed by atoms with Gasteiger partial charge in [0.1, 0.15) is 12.4 Å². The number of carbonyl (C=O) groups is 1. The van der Waals surface area contributed by atoms with Crippen molar-refractivity contribution in [1.29, 1.82) is 0 Å². The Balaban J connectivity index is 1.78. The second kappa shape index (κ2) is 11.1. The monoisotopic (exact) mass is 396 g/mol. The normalized spacial score (nSPS) is 11.1. The molecule has 0 heterocycles. The number of aliphatic imine (C=N–C) groups is 1. The minimum Gasteiger partial charge on any atom is -0.492 e. The molecule has 6 nitrogen and oxygen atoms in total. The summed E-state index contributed by atoms with van der Waals surface area (Å²) in [6, 6.07) is 15.8. The van der Waals surface area contributed by atoms with Crippen LogP contribution >= 0.6 is 0 Å². The number of hydrogen-bond acceptors (Lipinski definition) is 3. The molecule has 0 aliphatic rings. The van der Waals surface area contributed by atoms with Crippen LogP contribution in [0.5, 0.6) is 5.75 Å². The Hall–Kier alpha value is -3.02. The molecule has 0 saturated carbocycles. The lowest BCUT2D eigenvalue weighted by Crippen LogP contribution is -2.41. The second-order valence-corrected chi connectivity index (χ2v) is 7.21. The van der Waals surface area contributed by atoms with Crippen LogP contribution in [-0.4, -0.2) is 69.6 Å². The van der Waals surface area contributed by atoms with E-state index in [0.29, 0.717) is 12.2 Å². The van der Waals surface area contributed by atoms with Crippen molar-refractivity contribution in [3.8, 4) is 5.75 Å². The van der Waals surface area contributed by atoms with Crippen LogP contribution in [0.1, 0.15) is 21.5 Å². The molecule has 6 heteroatoms. The maximum atomic E-state index is 12.1. The molecule has 0 saturated heterocycles. The van der Waals surface area contributed by atoms with Crippen molar-refractivity contribution in [2.24, 2.45) is 4.99 Å². The van der Waals surface area contributed by atoms with Gasteiger partial charge in [-0.25, -0.2) is 0 Å². The second-order valence-electron chi connectivity index (χ2n) is 7.21. The van der Waals surface area contributed by atoms with E-state index in [0.717, 1.165) is 36.8 Å². The molecule has 0 radical (unpaired) electrons. The van der Waals surface area contributed by atoms with Crippen molar-refractivity contribution in [2.75, 3.05) is 47.9 Å². The summed E-state index contributed by atoms with van der Waals surface area (Å²) in [6.45, 7) is 4.09. The standard InChI is InChI=1S/C23H32N4O2/c1-18-9-11-21(12-10-18)29-16-15-27(5)23(24-2)25-14-13-19-7-6-8-20(17-19)22(28)26(3)4/h6-12,17H,13-16H2,1-5H3,(H,24,25). The van der Waals surface area contributed by atoms with Gasteiger partial charge in [-0.15, -0.1) is 0 Å². The number of nitrogens with zero attached hydrogens (tertiary/aromatic N) is 3. The average Bonchev–Trinajstić information content (AvgIpc) is 2.72. The Bertz CT molecular complexity index is 816. The number of hydrogen-bond donors (Lipinski definition) is 1. The highest BCUT2D eigenvalue weighted by atomic mass is 16.5. The average molecular weight is 397 g/mol. The predicted octanol–water partition coefficient (Wildman–Crippen LogP) is 2.83. The maximum Gasteiger partial charge on any atom is 0.253 e. The summed E-state index contributed by atoms with van der Waals surface area (Å²) in [5.41, 5.74) is 3.05. The molecule has 2 aromatic carbocycles. The van der Waals surface area contributed by atoms with Gasteiger partial charge in [-0.05, 0) is 43.2 Å². The van der Waals surface area contributed by atoms with Gasteiger partial charge >= 0.3 is 0 Å². The molecule has 0 spiro atoms. The molecular weight excluding hydrogens is 364 g/mol. The quantitative estimate of drug-likeness (QED) is 0.551. The van der Waals surface area contributed by atoms with E-state index in [1.165, 1.54) is 5.56 Å². The van der Waals surface area contributed by atoms with Gasteiger partial charge < -0.3 is 19.9 Å². The van der Waals surface area contributed by atoms with Crippen LogP contribution in [0.4, 0.5) is 0 Å². The lowest BCUT2D eigenvalue weighted by Gasteiger charge is -2.22. The van der Waals surface area contributed by atoms with E-state index >= 15 is 0 Å². The van der Waals surface area contributed by atoms with Gasteiger partial charge in [-0.2, -0.15) is 0 Å². The zero-order valence-corrected chi connectivity index (χ0v) is 18.1. The van der Waals surface area contributed by atoms with Gasteiger partial charge in [-0.3, -0.25) is 9.79 Å². The third-order valence-electron chi connectivity index (χ3n) is 4.57. The third-order valence-corrected chi connectivity index (χ3v) is 4.57. The zero-order chi connectivity index (χ0) is 21.2. The zero-order valence-electron chi connectivity index (χ0n) is 18.1. The molecule has 0 aliphatic carbocycles. The summed E-state index contributed by atoms with van der Waals surface area (Å²) in [5, 5.41) is 3.37. The van der Waals surface area contributed by atoms with Gasteiger partial charge in [0.25, 0.3) is 5.91 Å². The summed E-state index contributed by atoms with van der Waals surface area (Å²) >= 11 is 0. The van der Waals surface area contributed by atoms with E-state index in [4.69, 9.17) is 4.74 Å². The summed E-state index contributed by atoms with van der Waals surface area (Å²) < 4.78 is 5.79. The molecule has 0 unspecified atom stereocenters. The van der Waals surface area contributed by atoms with Gasteiger partial charge in [0.05, 0.1) is 6.54 Å². The molecule has 0 aliphatic heterocycles. The third kappa shape index (κ3) is 7.14. The summed E-state index contributed by atoms with van der Waals surface area (Å²) in [5.74, 6) is 1.71. The number of rotatable bonds is 8. The fourth-order valence-electron chi connectivity index (χ4n) is 2.86. The number of aryl methyl sites for hydroxylation is 1. The molecule has 29 heavy (non-hydrogen) atoms. The SMILES string of the molecule is CN=C(NCCc1cccc(C(=O)N(C)C)c1)N(C)CCOc1ccc(C)cc1. The maximum absolute atomic E-state index is 12.1. The lowest BCUT2D eigenvalue weighted by atomic mass is 10.1. The van der Waals surface area contributed by atoms with Gasteiger partial charge in [0, 0.05) is 40.3 Å². The Morgan fingerprint density at radius 2 is 1.83 bits per heavy atom. The largest absolute Gasteiger partial charge is 0.492 e. The van der Waals surface area contributed by atoms with Crippen molar-refractivity contribution in [1.82, 2.24) is 15.1 Å². The van der Waals surface area contributed by atoms with E-state index in [1.54, 1.807) is 26.0 Å². The van der Waals surface area contributed by atoms with Gasteiger partial charge in [0.2, 0.25) is 0 Å². The highest BCUT2D eigenvalue weighted by Crippen LogP contribution is 2.11. The number of carbonyl (C=O) groups excluding carboxylic acids is 1. The molecular formula is C23H32N4O2. The summed E-state index contributed by atoms with van der Waals surface area (Å²) in [4.78, 5) is 20.1. The van der Waals surface area contributed by atoms with E-state index in [1.807, 2.05) is 60.5 Å².